The highest BCUT2D eigenvalue weighted by molar-refractivity contribution is 7.15. The van der Waals surface area contributed by atoms with Gasteiger partial charge in [-0.15, -0.1) is 21.5 Å². The van der Waals surface area contributed by atoms with Crippen LogP contribution in [0.25, 0.3) is 0 Å². The van der Waals surface area contributed by atoms with Crippen LogP contribution in [0, 0.1) is 5.92 Å². The van der Waals surface area contributed by atoms with Crippen molar-refractivity contribution in [2.45, 2.75) is 39.0 Å². The number of amides is 2. The van der Waals surface area contributed by atoms with Crippen molar-refractivity contribution in [3.05, 3.63) is 16.1 Å². The number of carbonyl (C=O) groups is 2. The van der Waals surface area contributed by atoms with E-state index in [1.165, 1.54) is 22.7 Å². The zero-order valence-electron chi connectivity index (χ0n) is 14.8. The highest BCUT2D eigenvalue weighted by Gasteiger charge is 2.36. The lowest BCUT2D eigenvalue weighted by Gasteiger charge is -2.12. The minimum Gasteiger partial charge on any atom is -0.375 e. The first-order valence-corrected chi connectivity index (χ1v) is 10.2. The van der Waals surface area contributed by atoms with Crippen LogP contribution in [0.3, 0.4) is 0 Å². The van der Waals surface area contributed by atoms with Crippen molar-refractivity contribution in [2.24, 2.45) is 5.92 Å². The number of rotatable bonds is 7. The van der Waals surface area contributed by atoms with Crippen LogP contribution < -0.4 is 16.0 Å². The van der Waals surface area contributed by atoms with Gasteiger partial charge in [-0.2, -0.15) is 0 Å². The number of aromatic nitrogens is 3. The standard InChI is InChI=1S/C16H22N6O2S2/c1-9(2)14-20-21-16(26-14)22-7-10(6-12(22)23)13(24)18-5-3-4-11-8-25-15(17)19-11/h8-10H,3-7H2,1-2H3,(H2,17,19)(H,18,24). The van der Waals surface area contributed by atoms with Crippen LogP contribution in [0.5, 0.6) is 0 Å². The Morgan fingerprint density at radius 2 is 2.27 bits per heavy atom. The Morgan fingerprint density at radius 1 is 1.46 bits per heavy atom. The number of hydrogen-bond donors (Lipinski definition) is 2. The second-order valence-electron chi connectivity index (χ2n) is 6.55. The fourth-order valence-electron chi connectivity index (χ4n) is 2.70. The average molecular weight is 395 g/mol. The van der Waals surface area contributed by atoms with E-state index in [2.05, 4.69) is 20.5 Å². The Kier molecular flexibility index (Phi) is 5.82. The lowest BCUT2D eigenvalue weighted by molar-refractivity contribution is -0.126. The Balaban J connectivity index is 1.47. The number of nitrogen functional groups attached to an aromatic ring is 1. The Hall–Kier alpha value is -2.07. The molecule has 0 aliphatic carbocycles. The third-order valence-corrected chi connectivity index (χ3v) is 6.10. The van der Waals surface area contributed by atoms with Gasteiger partial charge >= 0.3 is 0 Å². The molecule has 3 rings (SSSR count). The molecule has 140 valence electrons. The third kappa shape index (κ3) is 4.36. The summed E-state index contributed by atoms with van der Waals surface area (Å²) in [5, 5.41) is 15.1. The van der Waals surface area contributed by atoms with Crippen LogP contribution in [-0.2, 0) is 16.0 Å². The topological polar surface area (TPSA) is 114 Å². The molecule has 1 aliphatic heterocycles. The van der Waals surface area contributed by atoms with Gasteiger partial charge in [-0.05, 0) is 12.8 Å². The molecule has 1 unspecified atom stereocenters. The molecule has 3 N–H and O–H groups in total. The van der Waals surface area contributed by atoms with Gasteiger partial charge in [-0.25, -0.2) is 4.98 Å². The van der Waals surface area contributed by atoms with Crippen molar-refractivity contribution >= 4 is 44.8 Å². The van der Waals surface area contributed by atoms with Crippen molar-refractivity contribution in [3.8, 4) is 0 Å². The second kappa shape index (κ2) is 8.09. The molecule has 0 saturated carbocycles. The van der Waals surface area contributed by atoms with Crippen LogP contribution in [0.1, 0.15) is 43.3 Å². The van der Waals surface area contributed by atoms with Crippen molar-refractivity contribution < 1.29 is 9.59 Å². The average Bonchev–Trinajstić information content (AvgIpc) is 3.31. The van der Waals surface area contributed by atoms with E-state index >= 15 is 0 Å². The van der Waals surface area contributed by atoms with E-state index in [-0.39, 0.29) is 30.1 Å². The molecule has 8 nitrogen and oxygen atoms in total. The van der Waals surface area contributed by atoms with Crippen molar-refractivity contribution in [3.63, 3.8) is 0 Å². The number of nitrogens with two attached hydrogens (primary N) is 1. The van der Waals surface area contributed by atoms with Crippen LogP contribution in [0.2, 0.25) is 0 Å². The van der Waals surface area contributed by atoms with Gasteiger partial charge in [-0.1, -0.05) is 25.2 Å². The summed E-state index contributed by atoms with van der Waals surface area (Å²) < 4.78 is 0. The molecule has 3 heterocycles. The predicted octanol–water partition coefficient (Wildman–Crippen LogP) is 1.80. The molecule has 0 aromatic carbocycles. The molecule has 1 aliphatic rings. The van der Waals surface area contributed by atoms with E-state index in [0.717, 1.165) is 23.5 Å². The summed E-state index contributed by atoms with van der Waals surface area (Å²) in [5.74, 6) is -0.239. The first-order valence-electron chi connectivity index (χ1n) is 8.55. The lowest BCUT2D eigenvalue weighted by atomic mass is 10.1. The first-order chi connectivity index (χ1) is 12.4. The van der Waals surface area contributed by atoms with E-state index in [9.17, 15) is 9.59 Å². The highest BCUT2D eigenvalue weighted by Crippen LogP contribution is 2.30. The largest absolute Gasteiger partial charge is 0.375 e. The van der Waals surface area contributed by atoms with E-state index in [1.807, 2.05) is 19.2 Å². The van der Waals surface area contributed by atoms with E-state index in [1.54, 1.807) is 4.90 Å². The summed E-state index contributed by atoms with van der Waals surface area (Å²) in [6, 6.07) is 0. The maximum atomic E-state index is 12.3. The number of nitrogens with zero attached hydrogens (tertiary/aromatic N) is 4. The van der Waals surface area contributed by atoms with Crippen LogP contribution >= 0.6 is 22.7 Å². The minimum absolute atomic E-state index is 0.0745. The summed E-state index contributed by atoms with van der Waals surface area (Å²) >= 11 is 2.83. The zero-order chi connectivity index (χ0) is 18.7. The first kappa shape index (κ1) is 18.7. The highest BCUT2D eigenvalue weighted by atomic mass is 32.1. The number of anilines is 2. The Morgan fingerprint density at radius 3 is 2.92 bits per heavy atom. The predicted molar refractivity (Wildman–Crippen MR) is 102 cm³/mol. The summed E-state index contributed by atoms with van der Waals surface area (Å²) in [7, 11) is 0. The van der Waals surface area contributed by atoms with Gasteiger partial charge in [0, 0.05) is 30.8 Å². The Bertz CT molecular complexity index is 787. The lowest BCUT2D eigenvalue weighted by Crippen LogP contribution is -2.33. The summed E-state index contributed by atoms with van der Waals surface area (Å²) in [6.07, 6.45) is 1.77. The van der Waals surface area contributed by atoms with Gasteiger partial charge < -0.3 is 11.1 Å². The molecule has 2 amide bonds. The monoisotopic (exact) mass is 394 g/mol. The minimum atomic E-state index is -0.344. The molecule has 0 radical (unpaired) electrons. The van der Waals surface area contributed by atoms with Crippen LogP contribution in [0.15, 0.2) is 5.38 Å². The van der Waals surface area contributed by atoms with Gasteiger partial charge in [0.1, 0.15) is 5.01 Å². The van der Waals surface area contributed by atoms with Gasteiger partial charge in [-0.3, -0.25) is 14.5 Å². The maximum Gasteiger partial charge on any atom is 0.229 e. The number of hydrogen-bond acceptors (Lipinski definition) is 8. The normalized spacial score (nSPS) is 17.3. The third-order valence-electron chi connectivity index (χ3n) is 4.13. The quantitative estimate of drug-likeness (QED) is 0.692. The SMILES string of the molecule is CC(C)c1nnc(N2CC(C(=O)NCCCc3csc(N)n3)CC2=O)s1. The van der Waals surface area contributed by atoms with Crippen molar-refractivity contribution in [1.82, 2.24) is 20.5 Å². The molecule has 0 spiro atoms. The number of thiazole rings is 1. The molecule has 1 atom stereocenters. The number of aryl methyl sites for hydroxylation is 1. The summed E-state index contributed by atoms with van der Waals surface area (Å²) in [6.45, 7) is 4.98. The van der Waals surface area contributed by atoms with Gasteiger partial charge in [0.15, 0.2) is 5.13 Å². The van der Waals surface area contributed by atoms with Crippen molar-refractivity contribution in [1.29, 1.82) is 0 Å². The zero-order valence-corrected chi connectivity index (χ0v) is 16.4. The van der Waals surface area contributed by atoms with Gasteiger partial charge in [0.25, 0.3) is 0 Å². The Labute approximate surface area is 159 Å². The van der Waals surface area contributed by atoms with E-state index in [0.29, 0.717) is 23.4 Å². The summed E-state index contributed by atoms with van der Waals surface area (Å²) in [5.41, 5.74) is 6.54. The molecule has 2 aromatic rings. The molecule has 26 heavy (non-hydrogen) atoms. The second-order valence-corrected chi connectivity index (χ2v) is 8.43. The fraction of sp³-hybridized carbons (Fsp3) is 0.562. The van der Waals surface area contributed by atoms with Gasteiger partial charge in [0.05, 0.1) is 11.6 Å². The van der Waals surface area contributed by atoms with Crippen LogP contribution in [0.4, 0.5) is 10.3 Å². The molecular formula is C16H22N6O2S2. The maximum absolute atomic E-state index is 12.3. The summed E-state index contributed by atoms with van der Waals surface area (Å²) in [4.78, 5) is 30.4. The fourth-order valence-corrected chi connectivity index (χ4v) is 4.17. The number of carbonyl (C=O) groups excluding carboxylic acids is 2. The number of nitrogens with one attached hydrogen (secondary N) is 1. The van der Waals surface area contributed by atoms with Crippen molar-refractivity contribution in [2.75, 3.05) is 23.7 Å². The molecule has 2 aromatic heterocycles. The molecule has 1 saturated heterocycles. The van der Waals surface area contributed by atoms with E-state index < -0.39 is 0 Å². The van der Waals surface area contributed by atoms with Gasteiger partial charge in [0.2, 0.25) is 16.9 Å². The van der Waals surface area contributed by atoms with Crippen LogP contribution in [-0.4, -0.2) is 40.1 Å². The molecule has 1 fully saturated rings. The smallest absolute Gasteiger partial charge is 0.229 e. The van der Waals surface area contributed by atoms with E-state index in [4.69, 9.17) is 5.73 Å². The molecule has 10 heteroatoms. The molecule has 0 bridgehead atoms. The molecular weight excluding hydrogens is 372 g/mol.